The third kappa shape index (κ3) is 2.69. The second-order valence-corrected chi connectivity index (χ2v) is 7.21. The van der Waals surface area contributed by atoms with Gasteiger partial charge in [0.05, 0.1) is 10.9 Å². The van der Waals surface area contributed by atoms with Crippen LogP contribution < -0.4 is 0 Å². The van der Waals surface area contributed by atoms with E-state index in [2.05, 4.69) is 0 Å². The first-order valence-corrected chi connectivity index (χ1v) is 8.71. The molecule has 22 heavy (non-hydrogen) atoms. The first kappa shape index (κ1) is 14.9. The molecule has 1 atom stereocenters. The maximum absolute atomic E-state index is 12.8. The molecule has 1 aliphatic rings. The molecule has 0 aliphatic carbocycles. The zero-order valence-corrected chi connectivity index (χ0v) is 12.9. The summed E-state index contributed by atoms with van der Waals surface area (Å²) in [4.78, 5) is 12.9. The van der Waals surface area contributed by atoms with Crippen LogP contribution >= 0.6 is 0 Å². The highest BCUT2D eigenvalue weighted by atomic mass is 32.2. The number of sulfonamides is 1. The van der Waals surface area contributed by atoms with E-state index in [1.807, 2.05) is 6.07 Å². The van der Waals surface area contributed by atoms with Crippen LogP contribution in [0.5, 0.6) is 0 Å². The summed E-state index contributed by atoms with van der Waals surface area (Å²) < 4.78 is 26.9. The number of carbonyl (C=O) groups is 1. The zero-order valence-electron chi connectivity index (χ0n) is 12.1. The van der Waals surface area contributed by atoms with Crippen LogP contribution in [0.4, 0.5) is 0 Å². The zero-order chi connectivity index (χ0) is 15.6. The van der Waals surface area contributed by atoms with Gasteiger partial charge in [0.25, 0.3) is 0 Å². The van der Waals surface area contributed by atoms with Gasteiger partial charge in [0.2, 0.25) is 10.0 Å². The van der Waals surface area contributed by atoms with Crippen molar-refractivity contribution >= 4 is 15.8 Å². The Morgan fingerprint density at radius 3 is 2.18 bits per heavy atom. The monoisotopic (exact) mass is 315 g/mol. The van der Waals surface area contributed by atoms with Crippen LogP contribution in [0.2, 0.25) is 0 Å². The molecule has 1 fully saturated rings. The predicted octanol–water partition coefficient (Wildman–Crippen LogP) is 2.72. The van der Waals surface area contributed by atoms with Crippen molar-refractivity contribution in [3.63, 3.8) is 0 Å². The number of Topliss-reactive ketones (excluding diaryl/α,β-unsaturated/α-hetero) is 1. The highest BCUT2D eigenvalue weighted by Gasteiger charge is 2.39. The molecule has 1 saturated heterocycles. The number of hydrogen-bond donors (Lipinski definition) is 0. The maximum atomic E-state index is 12.8. The summed E-state index contributed by atoms with van der Waals surface area (Å²) in [7, 11) is -3.63. The van der Waals surface area contributed by atoms with Crippen LogP contribution in [-0.2, 0) is 10.0 Å². The van der Waals surface area contributed by atoms with Crippen LogP contribution in [0.3, 0.4) is 0 Å². The van der Waals surface area contributed by atoms with E-state index in [0.717, 1.165) is 0 Å². The summed E-state index contributed by atoms with van der Waals surface area (Å²) in [6, 6.07) is 16.6. The second kappa shape index (κ2) is 6.02. The molecule has 0 radical (unpaired) electrons. The molecule has 0 bridgehead atoms. The van der Waals surface area contributed by atoms with Crippen molar-refractivity contribution in [1.29, 1.82) is 0 Å². The minimum absolute atomic E-state index is 0.127. The minimum Gasteiger partial charge on any atom is -0.292 e. The van der Waals surface area contributed by atoms with E-state index in [1.165, 1.54) is 4.31 Å². The molecular weight excluding hydrogens is 298 g/mol. The Kier molecular flexibility index (Phi) is 4.09. The quantitative estimate of drug-likeness (QED) is 0.815. The molecule has 0 aromatic heterocycles. The number of hydrogen-bond acceptors (Lipinski definition) is 3. The van der Waals surface area contributed by atoms with Gasteiger partial charge in [0.15, 0.2) is 5.78 Å². The Morgan fingerprint density at radius 2 is 1.55 bits per heavy atom. The lowest BCUT2D eigenvalue weighted by Crippen LogP contribution is -2.40. The molecule has 0 N–H and O–H groups in total. The Morgan fingerprint density at radius 1 is 0.955 bits per heavy atom. The van der Waals surface area contributed by atoms with Gasteiger partial charge < -0.3 is 0 Å². The van der Waals surface area contributed by atoms with Crippen molar-refractivity contribution in [2.75, 3.05) is 6.54 Å². The lowest BCUT2D eigenvalue weighted by atomic mass is 10.0. The van der Waals surface area contributed by atoms with Gasteiger partial charge in [-0.15, -0.1) is 0 Å². The largest absolute Gasteiger partial charge is 0.292 e. The molecule has 5 heteroatoms. The van der Waals surface area contributed by atoms with Gasteiger partial charge >= 0.3 is 0 Å². The Bertz CT molecular complexity index is 757. The van der Waals surface area contributed by atoms with Crippen molar-refractivity contribution in [2.24, 2.45) is 0 Å². The van der Waals surface area contributed by atoms with Crippen molar-refractivity contribution in [3.05, 3.63) is 66.2 Å². The smallest absolute Gasteiger partial charge is 0.243 e. The first-order chi connectivity index (χ1) is 10.6. The Labute approximate surface area is 130 Å². The van der Waals surface area contributed by atoms with Crippen molar-refractivity contribution < 1.29 is 13.2 Å². The van der Waals surface area contributed by atoms with E-state index in [1.54, 1.807) is 54.6 Å². The van der Waals surface area contributed by atoms with E-state index < -0.39 is 16.1 Å². The summed E-state index contributed by atoms with van der Waals surface area (Å²) in [6.45, 7) is 0.389. The molecule has 4 nitrogen and oxygen atoms in total. The number of carbonyl (C=O) groups excluding carboxylic acids is 1. The molecule has 1 aliphatic heterocycles. The van der Waals surface area contributed by atoms with Gasteiger partial charge in [-0.05, 0) is 25.0 Å². The fourth-order valence-corrected chi connectivity index (χ4v) is 4.49. The van der Waals surface area contributed by atoms with Gasteiger partial charge in [0.1, 0.15) is 0 Å². The average Bonchev–Trinajstić information content (AvgIpc) is 3.06. The normalized spacial score (nSPS) is 19.2. The Balaban J connectivity index is 1.92. The van der Waals surface area contributed by atoms with Gasteiger partial charge in [0, 0.05) is 12.1 Å². The molecule has 0 spiro atoms. The second-order valence-electron chi connectivity index (χ2n) is 5.32. The van der Waals surface area contributed by atoms with Crippen LogP contribution in [0.15, 0.2) is 65.6 Å². The minimum atomic E-state index is -3.63. The standard InChI is InChI=1S/C17H17NO3S/c19-17(14-8-3-1-4-9-14)16-12-7-13-18(16)22(20,21)15-10-5-2-6-11-15/h1-6,8-11,16H,7,12-13H2. The summed E-state index contributed by atoms with van der Waals surface area (Å²) >= 11 is 0. The fourth-order valence-electron chi connectivity index (χ4n) is 2.81. The van der Waals surface area contributed by atoms with Crippen LogP contribution in [0.25, 0.3) is 0 Å². The van der Waals surface area contributed by atoms with E-state index in [-0.39, 0.29) is 10.7 Å². The molecule has 1 unspecified atom stereocenters. The molecule has 2 aromatic rings. The van der Waals surface area contributed by atoms with Crippen LogP contribution in [0.1, 0.15) is 23.2 Å². The van der Waals surface area contributed by atoms with E-state index >= 15 is 0 Å². The van der Waals surface area contributed by atoms with Gasteiger partial charge in [-0.1, -0.05) is 48.5 Å². The maximum Gasteiger partial charge on any atom is 0.243 e. The molecule has 3 rings (SSSR count). The van der Waals surface area contributed by atoms with Crippen molar-refractivity contribution in [3.8, 4) is 0 Å². The predicted molar refractivity (Wildman–Crippen MR) is 84.1 cm³/mol. The average molecular weight is 315 g/mol. The highest BCUT2D eigenvalue weighted by molar-refractivity contribution is 7.89. The summed E-state index contributed by atoms with van der Waals surface area (Å²) in [5.74, 6) is -0.127. The SMILES string of the molecule is O=C(c1ccccc1)C1CCCN1S(=O)(=O)c1ccccc1. The van der Waals surface area contributed by atoms with Crippen molar-refractivity contribution in [1.82, 2.24) is 4.31 Å². The van der Waals surface area contributed by atoms with Gasteiger partial charge in [-0.25, -0.2) is 8.42 Å². The lowest BCUT2D eigenvalue weighted by molar-refractivity contribution is 0.0918. The van der Waals surface area contributed by atoms with E-state index in [4.69, 9.17) is 0 Å². The first-order valence-electron chi connectivity index (χ1n) is 7.27. The molecule has 1 heterocycles. The number of nitrogens with zero attached hydrogens (tertiary/aromatic N) is 1. The topological polar surface area (TPSA) is 54.5 Å². The summed E-state index contributed by atoms with van der Waals surface area (Å²) in [6.07, 6.45) is 1.27. The number of benzene rings is 2. The molecule has 114 valence electrons. The number of ketones is 1. The van der Waals surface area contributed by atoms with Gasteiger partial charge in [-0.2, -0.15) is 4.31 Å². The van der Waals surface area contributed by atoms with E-state index in [9.17, 15) is 13.2 Å². The molecule has 0 amide bonds. The van der Waals surface area contributed by atoms with Gasteiger partial charge in [-0.3, -0.25) is 4.79 Å². The summed E-state index contributed by atoms with van der Waals surface area (Å²) in [5.41, 5.74) is 0.558. The Hall–Kier alpha value is -1.98. The summed E-state index contributed by atoms with van der Waals surface area (Å²) in [5, 5.41) is 0. The fraction of sp³-hybridized carbons (Fsp3) is 0.235. The molecular formula is C17H17NO3S. The highest BCUT2D eigenvalue weighted by Crippen LogP contribution is 2.28. The lowest BCUT2D eigenvalue weighted by Gasteiger charge is -2.23. The number of rotatable bonds is 4. The molecule has 2 aromatic carbocycles. The third-order valence-electron chi connectivity index (χ3n) is 3.91. The third-order valence-corrected chi connectivity index (χ3v) is 5.84. The van der Waals surface area contributed by atoms with Crippen LogP contribution in [-0.4, -0.2) is 31.1 Å². The van der Waals surface area contributed by atoms with Crippen molar-refractivity contribution in [2.45, 2.75) is 23.8 Å². The van der Waals surface area contributed by atoms with Crippen LogP contribution in [0, 0.1) is 0 Å². The van der Waals surface area contributed by atoms with E-state index in [0.29, 0.717) is 24.9 Å². The molecule has 0 saturated carbocycles.